The van der Waals surface area contributed by atoms with E-state index in [2.05, 4.69) is 16.6 Å². The molecule has 4 nitrogen and oxygen atoms in total. The summed E-state index contributed by atoms with van der Waals surface area (Å²) in [5, 5.41) is 1.85. The second-order valence-corrected chi connectivity index (χ2v) is 8.84. The first-order valence-electron chi connectivity index (χ1n) is 5.63. The maximum absolute atomic E-state index is 12.1. The van der Waals surface area contributed by atoms with Gasteiger partial charge >= 0.3 is 0 Å². The Morgan fingerprint density at radius 3 is 2.71 bits per heavy atom. The molecular formula is C12H10Cl2N2O2S3. The Hall–Kier alpha value is -0.590. The fourth-order valence-corrected chi connectivity index (χ4v) is 5.45. The molecule has 0 unspecified atom stereocenters. The van der Waals surface area contributed by atoms with Crippen molar-refractivity contribution < 1.29 is 8.42 Å². The van der Waals surface area contributed by atoms with Crippen molar-refractivity contribution in [1.29, 1.82) is 0 Å². The number of nitrogens with two attached hydrogens (primary N) is 1. The van der Waals surface area contributed by atoms with Gasteiger partial charge in [-0.05, 0) is 12.1 Å². The van der Waals surface area contributed by atoms with Gasteiger partial charge in [-0.15, -0.1) is 22.7 Å². The van der Waals surface area contributed by atoms with E-state index in [9.17, 15) is 8.42 Å². The summed E-state index contributed by atoms with van der Waals surface area (Å²) in [6.45, 7) is 0.455. The summed E-state index contributed by atoms with van der Waals surface area (Å²) in [6.07, 6.45) is 0. The van der Waals surface area contributed by atoms with Crippen molar-refractivity contribution in [3.05, 3.63) is 36.6 Å². The first kappa shape index (κ1) is 16.8. The third-order valence-corrected chi connectivity index (χ3v) is 6.43. The van der Waals surface area contributed by atoms with E-state index < -0.39 is 10.0 Å². The molecule has 0 bridgehead atoms. The van der Waals surface area contributed by atoms with Crippen LogP contribution in [0.3, 0.4) is 0 Å². The highest BCUT2D eigenvalue weighted by Gasteiger charge is 2.20. The summed E-state index contributed by atoms with van der Waals surface area (Å²) >= 11 is 14.1. The minimum absolute atomic E-state index is 0.00105. The molecule has 9 heteroatoms. The Balaban J connectivity index is 2.08. The number of hydrogen-bond donors (Lipinski definition) is 2. The maximum Gasteiger partial charge on any atom is 0.243 e. The zero-order valence-electron chi connectivity index (χ0n) is 10.5. The molecule has 0 aliphatic rings. The summed E-state index contributed by atoms with van der Waals surface area (Å²) in [5.74, 6) is 5.63. The van der Waals surface area contributed by atoms with Crippen LogP contribution in [0, 0.1) is 11.8 Å². The van der Waals surface area contributed by atoms with Crippen LogP contribution in [0.15, 0.2) is 22.4 Å². The van der Waals surface area contributed by atoms with Gasteiger partial charge in [0, 0.05) is 22.4 Å². The molecule has 0 fully saturated rings. The lowest BCUT2D eigenvalue weighted by Crippen LogP contribution is -2.22. The molecule has 0 aliphatic heterocycles. The van der Waals surface area contributed by atoms with E-state index >= 15 is 0 Å². The van der Waals surface area contributed by atoms with Crippen LogP contribution >= 0.6 is 45.9 Å². The topological polar surface area (TPSA) is 72.2 Å². The van der Waals surface area contributed by atoms with Crippen LogP contribution in [-0.2, 0) is 16.6 Å². The lowest BCUT2D eigenvalue weighted by atomic mass is 10.3. The Morgan fingerprint density at radius 2 is 2.10 bits per heavy atom. The molecule has 0 spiro atoms. The van der Waals surface area contributed by atoms with Crippen LogP contribution in [0.5, 0.6) is 0 Å². The van der Waals surface area contributed by atoms with E-state index in [0.29, 0.717) is 4.34 Å². The van der Waals surface area contributed by atoms with Gasteiger partial charge in [-0.25, -0.2) is 13.1 Å². The maximum atomic E-state index is 12.1. The molecule has 2 rings (SSSR count). The lowest BCUT2D eigenvalue weighted by Gasteiger charge is -2.03. The van der Waals surface area contributed by atoms with Crippen molar-refractivity contribution in [2.75, 3.05) is 6.54 Å². The zero-order chi connectivity index (χ0) is 15.5. The molecule has 0 saturated carbocycles. The highest BCUT2D eigenvalue weighted by atomic mass is 35.5. The molecule has 0 atom stereocenters. The molecule has 2 heterocycles. The van der Waals surface area contributed by atoms with Crippen LogP contribution in [-0.4, -0.2) is 15.0 Å². The molecule has 21 heavy (non-hydrogen) atoms. The summed E-state index contributed by atoms with van der Waals surface area (Å²) in [7, 11) is -3.68. The van der Waals surface area contributed by atoms with Gasteiger partial charge in [0.1, 0.15) is 9.23 Å². The minimum atomic E-state index is -3.68. The molecule has 0 amide bonds. The standard InChI is InChI=1S/C12H10Cl2N2O2S3/c13-11-5-10(12(14)20-11)21(17,18)16-6-9-4-8(7-19-9)2-1-3-15/h4-5,7,16H,3,6,15H2. The first-order chi connectivity index (χ1) is 9.92. The molecule has 112 valence electrons. The van der Waals surface area contributed by atoms with Gasteiger partial charge in [0.15, 0.2) is 0 Å². The normalized spacial score (nSPS) is 11.2. The molecule has 2 aromatic rings. The van der Waals surface area contributed by atoms with Crippen LogP contribution in [0.4, 0.5) is 0 Å². The minimum Gasteiger partial charge on any atom is -0.320 e. The highest BCUT2D eigenvalue weighted by Crippen LogP contribution is 2.34. The van der Waals surface area contributed by atoms with E-state index in [1.807, 2.05) is 11.4 Å². The number of hydrogen-bond acceptors (Lipinski definition) is 5. The van der Waals surface area contributed by atoms with E-state index in [4.69, 9.17) is 28.9 Å². The number of sulfonamides is 1. The lowest BCUT2D eigenvalue weighted by molar-refractivity contribution is 0.582. The average molecular weight is 381 g/mol. The summed E-state index contributed by atoms with van der Waals surface area (Å²) in [4.78, 5) is 0.844. The predicted molar refractivity (Wildman–Crippen MR) is 88.6 cm³/mol. The first-order valence-corrected chi connectivity index (χ1v) is 9.57. The van der Waals surface area contributed by atoms with E-state index in [1.54, 1.807) is 0 Å². The van der Waals surface area contributed by atoms with Crippen molar-refractivity contribution in [2.45, 2.75) is 11.4 Å². The molecule has 0 saturated heterocycles. The van der Waals surface area contributed by atoms with Crippen LogP contribution in [0.25, 0.3) is 0 Å². The van der Waals surface area contributed by atoms with Gasteiger partial charge in [-0.3, -0.25) is 0 Å². The van der Waals surface area contributed by atoms with E-state index in [0.717, 1.165) is 21.8 Å². The second kappa shape index (κ2) is 7.11. The third kappa shape index (κ3) is 4.44. The fourth-order valence-electron chi connectivity index (χ4n) is 1.44. The summed E-state index contributed by atoms with van der Waals surface area (Å²) in [6, 6.07) is 3.15. The smallest absolute Gasteiger partial charge is 0.243 e. The summed E-state index contributed by atoms with van der Waals surface area (Å²) < 4.78 is 27.2. The number of rotatable bonds is 4. The molecule has 3 N–H and O–H groups in total. The van der Waals surface area contributed by atoms with E-state index in [-0.39, 0.29) is 22.3 Å². The number of thiophene rings is 2. The van der Waals surface area contributed by atoms with Crippen molar-refractivity contribution in [1.82, 2.24) is 4.72 Å². The molecule has 0 radical (unpaired) electrons. The van der Waals surface area contributed by atoms with Crippen molar-refractivity contribution in [3.63, 3.8) is 0 Å². The Kier molecular flexibility index (Phi) is 5.68. The molecule has 0 aromatic carbocycles. The molecular weight excluding hydrogens is 371 g/mol. The number of halogens is 2. The van der Waals surface area contributed by atoms with Crippen molar-refractivity contribution >= 4 is 55.9 Å². The quantitative estimate of drug-likeness (QED) is 0.800. The van der Waals surface area contributed by atoms with E-state index in [1.165, 1.54) is 17.4 Å². The van der Waals surface area contributed by atoms with Crippen molar-refractivity contribution in [3.8, 4) is 11.8 Å². The second-order valence-electron chi connectivity index (χ2n) is 3.82. The van der Waals surface area contributed by atoms with Crippen molar-refractivity contribution in [2.24, 2.45) is 5.73 Å². The third-order valence-electron chi connectivity index (χ3n) is 2.34. The molecule has 0 aliphatic carbocycles. The van der Waals surface area contributed by atoms with Gasteiger partial charge < -0.3 is 5.73 Å². The Morgan fingerprint density at radius 1 is 1.33 bits per heavy atom. The van der Waals surface area contributed by atoms with Gasteiger partial charge in [0.2, 0.25) is 10.0 Å². The highest BCUT2D eigenvalue weighted by molar-refractivity contribution is 7.89. The SMILES string of the molecule is NCC#Cc1csc(CNS(=O)(=O)c2cc(Cl)sc2Cl)c1. The number of nitrogens with one attached hydrogen (secondary N) is 1. The summed E-state index contributed by atoms with van der Waals surface area (Å²) in [5.41, 5.74) is 6.11. The zero-order valence-corrected chi connectivity index (χ0v) is 14.5. The van der Waals surface area contributed by atoms with Crippen LogP contribution < -0.4 is 10.5 Å². The Labute approximate surface area is 140 Å². The van der Waals surface area contributed by atoms with Crippen LogP contribution in [0.2, 0.25) is 8.67 Å². The van der Waals surface area contributed by atoms with Gasteiger partial charge in [0.05, 0.1) is 10.9 Å². The van der Waals surface area contributed by atoms with Gasteiger partial charge in [0.25, 0.3) is 0 Å². The van der Waals surface area contributed by atoms with Gasteiger partial charge in [-0.2, -0.15) is 0 Å². The Bertz CT molecular complexity index is 800. The largest absolute Gasteiger partial charge is 0.320 e. The fraction of sp³-hybridized carbons (Fsp3) is 0.167. The monoisotopic (exact) mass is 380 g/mol. The van der Waals surface area contributed by atoms with Crippen LogP contribution in [0.1, 0.15) is 10.4 Å². The molecule has 2 aromatic heterocycles. The average Bonchev–Trinajstić information content (AvgIpc) is 3.01. The van der Waals surface area contributed by atoms with Gasteiger partial charge in [-0.1, -0.05) is 35.0 Å². The predicted octanol–water partition coefficient (Wildman–Crippen LogP) is 2.91.